The van der Waals surface area contributed by atoms with Gasteiger partial charge >= 0.3 is 11.9 Å². The number of carboxylic acid groups (broad SMARTS) is 2. The van der Waals surface area contributed by atoms with Crippen molar-refractivity contribution in [3.05, 3.63) is 39.6 Å². The van der Waals surface area contributed by atoms with E-state index in [2.05, 4.69) is 5.32 Å². The number of benzene rings is 1. The third-order valence-electron chi connectivity index (χ3n) is 2.70. The quantitative estimate of drug-likeness (QED) is 0.188. The van der Waals surface area contributed by atoms with E-state index < -0.39 is 31.6 Å². The van der Waals surface area contributed by atoms with Gasteiger partial charge in [0.25, 0.3) is 0 Å². The van der Waals surface area contributed by atoms with Crippen LogP contribution in [-0.2, 0) is 14.0 Å². The number of carbonyl (C=O) groups is 2. The highest BCUT2D eigenvalue weighted by Gasteiger charge is 2.23. The Morgan fingerprint density at radius 2 is 1.88 bits per heavy atom. The summed E-state index contributed by atoms with van der Waals surface area (Å²) in [5, 5.41) is 20.8. The molecule has 0 amide bonds. The molecule has 138 valence electrons. The van der Waals surface area contributed by atoms with Gasteiger partial charge in [0.2, 0.25) is 0 Å². The minimum absolute atomic E-state index is 0.0816. The number of hydrogen-bond acceptors (Lipinski definition) is 5. The standard InChI is InChI=1S/C15H19ClFNO5SSi/c1-25(2,3)23-6-7-24-13(12(14(19)20)15(21)22)18-9-4-5-11(17)10(16)8-9/h4-5,8,18H,6-7H2,1-3H3,(H,19,20)(H,21,22). The van der Waals surface area contributed by atoms with Gasteiger partial charge in [0, 0.05) is 18.0 Å². The molecule has 0 atom stereocenters. The van der Waals surface area contributed by atoms with E-state index in [1.807, 2.05) is 19.6 Å². The largest absolute Gasteiger partial charge is 0.477 e. The zero-order valence-electron chi connectivity index (χ0n) is 13.9. The van der Waals surface area contributed by atoms with Crippen molar-refractivity contribution in [2.45, 2.75) is 19.6 Å². The highest BCUT2D eigenvalue weighted by Crippen LogP contribution is 2.26. The van der Waals surface area contributed by atoms with Gasteiger partial charge in [-0.1, -0.05) is 11.6 Å². The minimum atomic E-state index is -1.73. The zero-order valence-corrected chi connectivity index (χ0v) is 16.5. The fraction of sp³-hybridized carbons (Fsp3) is 0.333. The first kappa shape index (κ1) is 21.5. The Morgan fingerprint density at radius 1 is 1.28 bits per heavy atom. The molecule has 6 nitrogen and oxygen atoms in total. The van der Waals surface area contributed by atoms with Crippen LogP contribution in [0, 0.1) is 5.82 Å². The normalized spacial score (nSPS) is 11.1. The summed E-state index contributed by atoms with van der Waals surface area (Å²) in [5.74, 6) is -3.44. The first-order valence-corrected chi connectivity index (χ1v) is 12.0. The molecular formula is C15H19ClFNO5SSi. The number of aliphatic carboxylic acids is 2. The highest BCUT2D eigenvalue weighted by molar-refractivity contribution is 8.03. The van der Waals surface area contributed by atoms with E-state index >= 15 is 0 Å². The van der Waals surface area contributed by atoms with E-state index in [0.717, 1.165) is 17.8 Å². The zero-order chi connectivity index (χ0) is 19.2. The molecule has 1 aromatic carbocycles. The van der Waals surface area contributed by atoms with Crippen molar-refractivity contribution >= 4 is 49.3 Å². The molecule has 0 aliphatic rings. The molecule has 25 heavy (non-hydrogen) atoms. The summed E-state index contributed by atoms with van der Waals surface area (Å²) < 4.78 is 18.9. The fourth-order valence-electron chi connectivity index (χ4n) is 1.65. The van der Waals surface area contributed by atoms with Crippen molar-refractivity contribution in [1.82, 2.24) is 0 Å². The van der Waals surface area contributed by atoms with E-state index in [-0.39, 0.29) is 15.7 Å². The van der Waals surface area contributed by atoms with Crippen molar-refractivity contribution in [3.8, 4) is 0 Å². The van der Waals surface area contributed by atoms with Gasteiger partial charge in [0.1, 0.15) is 5.82 Å². The van der Waals surface area contributed by atoms with Gasteiger partial charge in [0.05, 0.1) is 10.1 Å². The summed E-state index contributed by atoms with van der Waals surface area (Å²) in [5.41, 5.74) is -0.529. The summed E-state index contributed by atoms with van der Waals surface area (Å²) >= 11 is 6.69. The molecule has 1 aromatic rings. The first-order valence-electron chi connectivity index (χ1n) is 7.21. The van der Waals surface area contributed by atoms with E-state index in [9.17, 15) is 24.2 Å². The van der Waals surface area contributed by atoms with Crippen LogP contribution >= 0.6 is 23.4 Å². The molecule has 0 saturated carbocycles. The molecule has 1 rings (SSSR count). The molecule has 0 bridgehead atoms. The number of halogens is 2. The molecule has 0 radical (unpaired) electrons. The topological polar surface area (TPSA) is 95.9 Å². The molecule has 10 heteroatoms. The monoisotopic (exact) mass is 407 g/mol. The molecule has 0 saturated heterocycles. The Bertz CT molecular complexity index is 677. The molecule has 0 fully saturated rings. The number of hydrogen-bond donors (Lipinski definition) is 3. The van der Waals surface area contributed by atoms with Gasteiger partial charge in [-0.15, -0.1) is 11.8 Å². The third kappa shape index (κ3) is 7.47. The molecule has 3 N–H and O–H groups in total. The number of rotatable bonds is 9. The second-order valence-electron chi connectivity index (χ2n) is 5.88. The van der Waals surface area contributed by atoms with Crippen molar-refractivity contribution in [1.29, 1.82) is 0 Å². The smallest absolute Gasteiger partial charge is 0.345 e. The molecule has 0 unspecified atom stereocenters. The van der Waals surface area contributed by atoms with Crippen molar-refractivity contribution in [2.24, 2.45) is 0 Å². The second-order valence-corrected chi connectivity index (χ2v) is 11.9. The lowest BCUT2D eigenvalue weighted by atomic mass is 10.2. The van der Waals surface area contributed by atoms with Gasteiger partial charge in [-0.25, -0.2) is 14.0 Å². The van der Waals surface area contributed by atoms with E-state index in [1.54, 1.807) is 0 Å². The summed E-state index contributed by atoms with van der Waals surface area (Å²) in [7, 11) is -1.73. The SMILES string of the molecule is C[Si](C)(C)OCCSC(Nc1ccc(F)c(Cl)c1)=C(C(=O)O)C(=O)O. The predicted octanol–water partition coefficient (Wildman–Crippen LogP) is 3.86. The van der Waals surface area contributed by atoms with Gasteiger partial charge in [0.15, 0.2) is 13.9 Å². The van der Waals surface area contributed by atoms with E-state index in [0.29, 0.717) is 12.4 Å². The second kappa shape index (κ2) is 9.23. The Kier molecular flexibility index (Phi) is 7.93. The third-order valence-corrected chi connectivity index (χ3v) is 5.02. The molecule has 0 aliphatic carbocycles. The van der Waals surface area contributed by atoms with Crippen LogP contribution < -0.4 is 5.32 Å². The Hall–Kier alpha value is -1.55. The average molecular weight is 408 g/mol. The van der Waals surface area contributed by atoms with Crippen LogP contribution in [0.4, 0.5) is 10.1 Å². The summed E-state index contributed by atoms with van der Waals surface area (Å²) in [6.45, 7) is 6.37. The highest BCUT2D eigenvalue weighted by atomic mass is 35.5. The summed E-state index contributed by atoms with van der Waals surface area (Å²) in [4.78, 5) is 22.6. The molecular weight excluding hydrogens is 389 g/mol. The van der Waals surface area contributed by atoms with Gasteiger partial charge in [-0.05, 0) is 37.8 Å². The van der Waals surface area contributed by atoms with Crippen LogP contribution in [0.5, 0.6) is 0 Å². The van der Waals surface area contributed by atoms with Crippen LogP contribution in [0.15, 0.2) is 28.8 Å². The molecule has 0 aliphatic heterocycles. The number of thioether (sulfide) groups is 1. The number of nitrogens with one attached hydrogen (secondary N) is 1. The van der Waals surface area contributed by atoms with Gasteiger partial charge < -0.3 is 20.0 Å². The predicted molar refractivity (Wildman–Crippen MR) is 99.1 cm³/mol. The minimum Gasteiger partial charge on any atom is -0.477 e. The van der Waals surface area contributed by atoms with Crippen LogP contribution in [0.3, 0.4) is 0 Å². The van der Waals surface area contributed by atoms with Gasteiger partial charge in [-0.3, -0.25) is 0 Å². The van der Waals surface area contributed by atoms with Crippen molar-refractivity contribution in [3.63, 3.8) is 0 Å². The van der Waals surface area contributed by atoms with Crippen LogP contribution in [0.25, 0.3) is 0 Å². The number of anilines is 1. The van der Waals surface area contributed by atoms with Crippen molar-refractivity contribution < 1.29 is 28.6 Å². The Labute approximate surface area is 155 Å². The maximum absolute atomic E-state index is 13.2. The van der Waals surface area contributed by atoms with E-state index in [4.69, 9.17) is 16.0 Å². The molecule has 0 heterocycles. The van der Waals surface area contributed by atoms with Gasteiger partial charge in [-0.2, -0.15) is 0 Å². The average Bonchev–Trinajstić information content (AvgIpc) is 2.45. The van der Waals surface area contributed by atoms with Crippen LogP contribution in [0.2, 0.25) is 24.7 Å². The van der Waals surface area contributed by atoms with Crippen LogP contribution in [-0.4, -0.2) is 42.8 Å². The molecule has 0 aromatic heterocycles. The lowest BCUT2D eigenvalue weighted by Gasteiger charge is -2.18. The Balaban J connectivity index is 3.02. The van der Waals surface area contributed by atoms with Crippen molar-refractivity contribution in [2.75, 3.05) is 17.7 Å². The van der Waals surface area contributed by atoms with E-state index in [1.165, 1.54) is 12.1 Å². The maximum atomic E-state index is 13.2. The fourth-order valence-corrected chi connectivity index (χ4v) is 3.58. The van der Waals surface area contributed by atoms with Crippen LogP contribution in [0.1, 0.15) is 0 Å². The maximum Gasteiger partial charge on any atom is 0.345 e. The lowest BCUT2D eigenvalue weighted by Crippen LogP contribution is -2.26. The number of carboxylic acids is 2. The summed E-state index contributed by atoms with van der Waals surface area (Å²) in [6, 6.07) is 3.68. The molecule has 0 spiro atoms. The lowest BCUT2D eigenvalue weighted by molar-refractivity contribution is -0.140. The summed E-state index contributed by atoms with van der Waals surface area (Å²) in [6.07, 6.45) is 0. The first-order chi connectivity index (χ1) is 11.5. The Morgan fingerprint density at radius 3 is 2.36 bits per heavy atom.